The molecule has 0 heterocycles. The van der Waals surface area contributed by atoms with Crippen LogP contribution in [0.3, 0.4) is 0 Å². The Morgan fingerprint density at radius 2 is 2.00 bits per heavy atom. The van der Waals surface area contributed by atoms with Gasteiger partial charge in [0.15, 0.2) is 0 Å². The van der Waals surface area contributed by atoms with E-state index >= 15 is 0 Å². The maximum Gasteiger partial charge on any atom is 0.322 e. The first-order chi connectivity index (χ1) is 8.63. The fourth-order valence-electron chi connectivity index (χ4n) is 1.93. The molecule has 0 saturated heterocycles. The summed E-state index contributed by atoms with van der Waals surface area (Å²) in [5, 5.41) is 3.25. The van der Waals surface area contributed by atoms with Crippen LogP contribution in [0.1, 0.15) is 31.9 Å². The van der Waals surface area contributed by atoms with Gasteiger partial charge in [0.1, 0.15) is 11.8 Å². The largest absolute Gasteiger partial charge is 0.496 e. The van der Waals surface area contributed by atoms with Crippen molar-refractivity contribution in [3.63, 3.8) is 0 Å². The summed E-state index contributed by atoms with van der Waals surface area (Å²) in [7, 11) is 3.04. The molecule has 1 aromatic rings. The van der Waals surface area contributed by atoms with Gasteiger partial charge in [0.2, 0.25) is 0 Å². The summed E-state index contributed by atoms with van der Waals surface area (Å²) < 4.78 is 10.1. The van der Waals surface area contributed by atoms with Gasteiger partial charge in [0.05, 0.1) is 14.2 Å². The van der Waals surface area contributed by atoms with Crippen LogP contribution in [-0.4, -0.2) is 26.2 Å². The lowest BCUT2D eigenvalue weighted by Crippen LogP contribution is -2.37. The maximum atomic E-state index is 11.4. The van der Waals surface area contributed by atoms with Crippen LogP contribution in [-0.2, 0) is 9.53 Å². The molecule has 0 aromatic heterocycles. The van der Waals surface area contributed by atoms with E-state index in [1.54, 1.807) is 14.0 Å². The van der Waals surface area contributed by atoms with Gasteiger partial charge in [0.25, 0.3) is 0 Å². The van der Waals surface area contributed by atoms with Gasteiger partial charge in [-0.1, -0.05) is 25.1 Å². The Kier molecular flexibility index (Phi) is 5.65. The average Bonchev–Trinajstić information content (AvgIpc) is 2.43. The Bertz CT molecular complexity index is 392. The molecule has 0 radical (unpaired) electrons. The SMILES string of the molecule is CCC(N[C@@H](C)C(=O)OC)c1ccccc1OC. The van der Waals surface area contributed by atoms with Gasteiger partial charge >= 0.3 is 5.97 Å². The molecule has 2 atom stereocenters. The first kappa shape index (κ1) is 14.5. The van der Waals surface area contributed by atoms with Crippen LogP contribution in [0.15, 0.2) is 24.3 Å². The van der Waals surface area contributed by atoms with Gasteiger partial charge < -0.3 is 9.47 Å². The quantitative estimate of drug-likeness (QED) is 0.788. The normalized spacial score (nSPS) is 13.8. The molecule has 18 heavy (non-hydrogen) atoms. The first-order valence-electron chi connectivity index (χ1n) is 6.10. The van der Waals surface area contributed by atoms with Crippen LogP contribution >= 0.6 is 0 Å². The topological polar surface area (TPSA) is 47.6 Å². The summed E-state index contributed by atoms with van der Waals surface area (Å²) in [5.41, 5.74) is 1.05. The molecule has 0 aliphatic rings. The molecule has 1 aromatic carbocycles. The van der Waals surface area contributed by atoms with Gasteiger partial charge in [-0.25, -0.2) is 0 Å². The van der Waals surface area contributed by atoms with Gasteiger partial charge in [-0.05, 0) is 19.4 Å². The maximum absolute atomic E-state index is 11.4. The van der Waals surface area contributed by atoms with Gasteiger partial charge in [-0.3, -0.25) is 10.1 Å². The highest BCUT2D eigenvalue weighted by atomic mass is 16.5. The monoisotopic (exact) mass is 251 g/mol. The summed E-state index contributed by atoms with van der Waals surface area (Å²) in [6.07, 6.45) is 0.863. The van der Waals surface area contributed by atoms with E-state index in [1.807, 2.05) is 24.3 Å². The van der Waals surface area contributed by atoms with Crippen molar-refractivity contribution in [2.75, 3.05) is 14.2 Å². The molecule has 1 rings (SSSR count). The first-order valence-corrected chi connectivity index (χ1v) is 6.10. The van der Waals surface area contributed by atoms with E-state index in [0.29, 0.717) is 0 Å². The zero-order valence-electron chi connectivity index (χ0n) is 11.4. The highest BCUT2D eigenvalue weighted by Gasteiger charge is 2.20. The Labute approximate surface area is 108 Å². The highest BCUT2D eigenvalue weighted by Crippen LogP contribution is 2.27. The molecular formula is C14H21NO3. The zero-order valence-corrected chi connectivity index (χ0v) is 11.4. The molecule has 0 fully saturated rings. The smallest absolute Gasteiger partial charge is 0.322 e. The number of rotatable bonds is 6. The van der Waals surface area contributed by atoms with Crippen molar-refractivity contribution in [2.24, 2.45) is 0 Å². The highest BCUT2D eigenvalue weighted by molar-refractivity contribution is 5.75. The summed E-state index contributed by atoms with van der Waals surface area (Å²) in [5.74, 6) is 0.567. The number of esters is 1. The molecule has 0 amide bonds. The van der Waals surface area contributed by atoms with Crippen molar-refractivity contribution >= 4 is 5.97 Å². The molecule has 0 bridgehead atoms. The summed E-state index contributed by atoms with van der Waals surface area (Å²) in [4.78, 5) is 11.4. The van der Waals surface area contributed by atoms with E-state index in [2.05, 4.69) is 12.2 Å². The van der Waals surface area contributed by atoms with Gasteiger partial charge in [-0.15, -0.1) is 0 Å². The lowest BCUT2D eigenvalue weighted by molar-refractivity contribution is -0.142. The zero-order chi connectivity index (χ0) is 13.5. The Balaban J connectivity index is 2.86. The number of nitrogens with one attached hydrogen (secondary N) is 1. The lowest BCUT2D eigenvalue weighted by atomic mass is 10.0. The minimum atomic E-state index is -0.343. The molecule has 0 aliphatic heterocycles. The van der Waals surface area contributed by atoms with E-state index < -0.39 is 0 Å². The molecule has 0 spiro atoms. The number of hydrogen-bond donors (Lipinski definition) is 1. The van der Waals surface area contributed by atoms with Crippen LogP contribution in [0.4, 0.5) is 0 Å². The fraction of sp³-hybridized carbons (Fsp3) is 0.500. The van der Waals surface area contributed by atoms with Crippen molar-refractivity contribution in [3.05, 3.63) is 29.8 Å². The lowest BCUT2D eigenvalue weighted by Gasteiger charge is -2.22. The van der Waals surface area contributed by atoms with Crippen molar-refractivity contribution in [1.82, 2.24) is 5.32 Å². The molecule has 0 saturated carbocycles. The number of hydrogen-bond acceptors (Lipinski definition) is 4. The van der Waals surface area contributed by atoms with E-state index in [0.717, 1.165) is 17.7 Å². The van der Waals surface area contributed by atoms with Crippen molar-refractivity contribution in [2.45, 2.75) is 32.4 Å². The van der Waals surface area contributed by atoms with E-state index in [1.165, 1.54) is 7.11 Å². The number of carbonyl (C=O) groups is 1. The van der Waals surface area contributed by atoms with Crippen LogP contribution in [0.25, 0.3) is 0 Å². The molecule has 4 heteroatoms. The number of carbonyl (C=O) groups excluding carboxylic acids is 1. The second-order valence-corrected chi connectivity index (χ2v) is 4.11. The third kappa shape index (κ3) is 3.47. The predicted octanol–water partition coefficient (Wildman–Crippen LogP) is 2.30. The summed E-state index contributed by atoms with van der Waals surface area (Å²) in [6, 6.07) is 7.54. The van der Waals surface area contributed by atoms with Gasteiger partial charge in [0, 0.05) is 11.6 Å². The van der Waals surface area contributed by atoms with E-state index in [4.69, 9.17) is 9.47 Å². The van der Waals surface area contributed by atoms with Crippen molar-refractivity contribution in [3.8, 4) is 5.75 Å². The van der Waals surface area contributed by atoms with E-state index in [9.17, 15) is 4.79 Å². The van der Waals surface area contributed by atoms with Crippen LogP contribution in [0, 0.1) is 0 Å². The standard InChI is InChI=1S/C14H21NO3/c1-5-12(15-10(2)14(16)18-4)11-8-6-7-9-13(11)17-3/h6-10,12,15H,5H2,1-4H3/t10-,12?/m0/s1. The number of benzene rings is 1. The van der Waals surface area contributed by atoms with Gasteiger partial charge in [-0.2, -0.15) is 0 Å². The number of ether oxygens (including phenoxy) is 2. The molecule has 0 aliphatic carbocycles. The second kappa shape index (κ2) is 7.01. The summed E-state index contributed by atoms with van der Waals surface area (Å²) >= 11 is 0. The average molecular weight is 251 g/mol. The fourth-order valence-corrected chi connectivity index (χ4v) is 1.93. The Hall–Kier alpha value is -1.55. The van der Waals surface area contributed by atoms with Crippen molar-refractivity contribution in [1.29, 1.82) is 0 Å². The van der Waals surface area contributed by atoms with Crippen LogP contribution in [0.2, 0.25) is 0 Å². The molecule has 1 N–H and O–H groups in total. The number of methoxy groups -OCH3 is 2. The Morgan fingerprint density at radius 1 is 1.33 bits per heavy atom. The van der Waals surface area contributed by atoms with E-state index in [-0.39, 0.29) is 18.1 Å². The van der Waals surface area contributed by atoms with Crippen LogP contribution < -0.4 is 10.1 Å². The third-order valence-corrected chi connectivity index (χ3v) is 2.93. The molecular weight excluding hydrogens is 230 g/mol. The summed E-state index contributed by atoms with van der Waals surface area (Å²) in [6.45, 7) is 3.86. The minimum absolute atomic E-state index is 0.0650. The third-order valence-electron chi connectivity index (χ3n) is 2.93. The Morgan fingerprint density at radius 3 is 2.56 bits per heavy atom. The van der Waals surface area contributed by atoms with Crippen molar-refractivity contribution < 1.29 is 14.3 Å². The van der Waals surface area contributed by atoms with Crippen LogP contribution in [0.5, 0.6) is 5.75 Å². The number of para-hydroxylation sites is 1. The minimum Gasteiger partial charge on any atom is -0.496 e. The molecule has 4 nitrogen and oxygen atoms in total. The second-order valence-electron chi connectivity index (χ2n) is 4.11. The molecule has 100 valence electrons. The predicted molar refractivity (Wildman–Crippen MR) is 70.6 cm³/mol. The molecule has 1 unspecified atom stereocenters.